The summed E-state index contributed by atoms with van der Waals surface area (Å²) >= 11 is 3.75. The summed E-state index contributed by atoms with van der Waals surface area (Å²) in [4.78, 5) is 23.0. The van der Waals surface area contributed by atoms with E-state index in [4.69, 9.17) is 0 Å². The number of anilines is 1. The third kappa shape index (κ3) is 3.34. The van der Waals surface area contributed by atoms with Gasteiger partial charge in [0.05, 0.1) is 17.9 Å². The number of hydrogen-bond donors (Lipinski definition) is 1. The molecule has 2 aliphatic rings. The van der Waals surface area contributed by atoms with Gasteiger partial charge in [-0.15, -0.1) is 0 Å². The maximum Gasteiger partial charge on any atom is 0.258 e. The summed E-state index contributed by atoms with van der Waals surface area (Å²) in [6.07, 6.45) is 0.889. The minimum absolute atomic E-state index is 0.108. The van der Waals surface area contributed by atoms with Crippen LogP contribution in [0.4, 0.5) is 5.69 Å². The summed E-state index contributed by atoms with van der Waals surface area (Å²) in [5.41, 5.74) is 6.76. The molecule has 0 radical (unpaired) electrons. The minimum Gasteiger partial charge on any atom is -0.356 e. The van der Waals surface area contributed by atoms with Crippen molar-refractivity contribution in [2.45, 2.75) is 25.0 Å². The number of nitrogens with one attached hydrogen (secondary N) is 1. The fourth-order valence-electron chi connectivity index (χ4n) is 6.28. The molecule has 5 aromatic rings. The van der Waals surface area contributed by atoms with E-state index >= 15 is 0 Å². The second-order valence-electron chi connectivity index (χ2n) is 9.89. The lowest BCUT2D eigenvalue weighted by molar-refractivity contribution is -0.129. The fraction of sp³-hybridized carbons (Fsp3) is 0.156. The summed E-state index contributed by atoms with van der Waals surface area (Å²) in [6.45, 7) is 1.99. The van der Waals surface area contributed by atoms with E-state index in [0.29, 0.717) is 13.1 Å². The molecule has 182 valence electrons. The van der Waals surface area contributed by atoms with Gasteiger partial charge in [-0.3, -0.25) is 9.69 Å². The number of aromatic nitrogens is 1. The van der Waals surface area contributed by atoms with Gasteiger partial charge in [-0.2, -0.15) is 0 Å². The Hall–Kier alpha value is -3.67. The highest BCUT2D eigenvalue weighted by Crippen LogP contribution is 2.52. The molecule has 37 heavy (non-hydrogen) atoms. The molecule has 0 unspecified atom stereocenters. The molecule has 1 spiro atoms. The molecule has 1 atom stereocenters. The van der Waals surface area contributed by atoms with Gasteiger partial charge >= 0.3 is 0 Å². The number of nitrogens with zero attached hydrogens (tertiary/aromatic N) is 2. The zero-order valence-electron chi connectivity index (χ0n) is 20.3. The molecule has 7 rings (SSSR count). The monoisotopic (exact) mass is 547 g/mol. The Bertz CT molecular complexity index is 1640. The van der Waals surface area contributed by atoms with Crippen molar-refractivity contribution in [2.75, 3.05) is 11.4 Å². The number of carbonyl (C=O) groups is 1. The second-order valence-corrected chi connectivity index (χ2v) is 10.7. The van der Waals surface area contributed by atoms with Crippen LogP contribution in [0.3, 0.4) is 0 Å². The zero-order chi connectivity index (χ0) is 25.0. The molecule has 2 aliphatic heterocycles. The predicted octanol–water partition coefficient (Wildman–Crippen LogP) is 6.78. The Labute approximate surface area is 224 Å². The third-order valence-electron chi connectivity index (χ3n) is 7.92. The number of amides is 1. The lowest BCUT2D eigenvalue weighted by atomic mass is 9.79. The SMILES string of the molecule is O=C1N(Cc2ccccc2)c2ccccc2[C@]12c1[nH]c3ccccc3c1CCN2Cc1ccccc1Br. The van der Waals surface area contributed by atoms with Crippen LogP contribution in [0, 0.1) is 0 Å². The number of rotatable bonds is 4. The molecule has 4 nitrogen and oxygen atoms in total. The minimum atomic E-state index is -0.923. The number of fused-ring (bicyclic) bond motifs is 6. The number of hydrogen-bond acceptors (Lipinski definition) is 2. The molecule has 4 aromatic carbocycles. The van der Waals surface area contributed by atoms with Crippen molar-refractivity contribution < 1.29 is 4.79 Å². The molecular weight excluding hydrogens is 522 g/mol. The van der Waals surface area contributed by atoms with Crippen LogP contribution >= 0.6 is 15.9 Å². The van der Waals surface area contributed by atoms with E-state index < -0.39 is 5.54 Å². The van der Waals surface area contributed by atoms with Gasteiger partial charge in [0.25, 0.3) is 5.91 Å². The maximum atomic E-state index is 14.9. The molecule has 0 fully saturated rings. The van der Waals surface area contributed by atoms with Crippen molar-refractivity contribution in [3.63, 3.8) is 0 Å². The van der Waals surface area contributed by atoms with E-state index in [1.807, 2.05) is 35.2 Å². The van der Waals surface area contributed by atoms with Gasteiger partial charge in [-0.1, -0.05) is 101 Å². The fourth-order valence-corrected chi connectivity index (χ4v) is 6.69. The first-order valence-electron chi connectivity index (χ1n) is 12.7. The van der Waals surface area contributed by atoms with E-state index in [0.717, 1.165) is 45.5 Å². The predicted molar refractivity (Wildman–Crippen MR) is 151 cm³/mol. The standard InChI is InChI=1S/C32H26BrN3O/c33-27-15-7-4-12-23(27)21-35-19-18-25-24-13-5-8-16-28(24)34-30(25)32(35)26-14-6-9-17-29(26)36(31(32)37)20-22-10-2-1-3-11-22/h1-17,34H,18-21H2/t32-/m0/s1. The molecule has 0 aliphatic carbocycles. The Morgan fingerprint density at radius 3 is 2.41 bits per heavy atom. The average molecular weight is 548 g/mol. The molecule has 3 heterocycles. The van der Waals surface area contributed by atoms with E-state index in [-0.39, 0.29) is 5.91 Å². The van der Waals surface area contributed by atoms with E-state index in [2.05, 4.69) is 98.6 Å². The average Bonchev–Trinajstić information content (AvgIpc) is 3.43. The van der Waals surface area contributed by atoms with Crippen LogP contribution in [0.2, 0.25) is 0 Å². The number of H-pyrrole nitrogens is 1. The van der Waals surface area contributed by atoms with Gasteiger partial charge in [0.2, 0.25) is 0 Å². The molecule has 1 aromatic heterocycles. The molecule has 1 amide bonds. The normalized spacial score (nSPS) is 18.9. The van der Waals surface area contributed by atoms with Gasteiger partial charge in [0.1, 0.15) is 0 Å². The summed E-state index contributed by atoms with van der Waals surface area (Å²) in [7, 11) is 0. The maximum absolute atomic E-state index is 14.9. The summed E-state index contributed by atoms with van der Waals surface area (Å²) < 4.78 is 1.06. The lowest BCUT2D eigenvalue weighted by Crippen LogP contribution is -2.56. The van der Waals surface area contributed by atoms with E-state index in [1.165, 1.54) is 16.5 Å². The van der Waals surface area contributed by atoms with Crippen molar-refractivity contribution >= 4 is 38.4 Å². The molecule has 0 saturated heterocycles. The van der Waals surface area contributed by atoms with Crippen molar-refractivity contribution in [1.82, 2.24) is 9.88 Å². The van der Waals surface area contributed by atoms with Crippen LogP contribution in [0.1, 0.15) is 27.9 Å². The first-order chi connectivity index (χ1) is 18.2. The second kappa shape index (κ2) is 8.72. The number of para-hydroxylation sites is 2. The molecule has 0 bridgehead atoms. The number of halogens is 1. The summed E-state index contributed by atoms with van der Waals surface area (Å²) in [6, 6.07) is 35.4. The number of benzene rings is 4. The largest absolute Gasteiger partial charge is 0.356 e. The topological polar surface area (TPSA) is 39.3 Å². The van der Waals surface area contributed by atoms with Crippen LogP contribution in [-0.2, 0) is 29.8 Å². The molecular formula is C32H26BrN3O. The summed E-state index contributed by atoms with van der Waals surface area (Å²) in [5, 5.41) is 1.21. The van der Waals surface area contributed by atoms with Crippen LogP contribution in [0.15, 0.2) is 108 Å². The zero-order valence-corrected chi connectivity index (χ0v) is 21.9. The molecule has 1 N–H and O–H groups in total. The molecule has 5 heteroatoms. The van der Waals surface area contributed by atoms with Crippen molar-refractivity contribution in [2.24, 2.45) is 0 Å². The van der Waals surface area contributed by atoms with Crippen molar-refractivity contribution in [1.29, 1.82) is 0 Å². The van der Waals surface area contributed by atoms with Gasteiger partial charge in [0, 0.05) is 34.0 Å². The summed E-state index contributed by atoms with van der Waals surface area (Å²) in [5.74, 6) is 0.108. The van der Waals surface area contributed by atoms with Crippen molar-refractivity contribution in [3.8, 4) is 0 Å². The Morgan fingerprint density at radius 1 is 0.811 bits per heavy atom. The Morgan fingerprint density at radius 2 is 1.54 bits per heavy atom. The quantitative estimate of drug-likeness (QED) is 0.269. The highest BCUT2D eigenvalue weighted by atomic mass is 79.9. The Kier molecular flexibility index (Phi) is 5.31. The third-order valence-corrected chi connectivity index (χ3v) is 8.70. The molecule has 0 saturated carbocycles. The van der Waals surface area contributed by atoms with Crippen LogP contribution in [0.25, 0.3) is 10.9 Å². The van der Waals surface area contributed by atoms with Crippen LogP contribution in [-0.4, -0.2) is 22.3 Å². The van der Waals surface area contributed by atoms with E-state index in [9.17, 15) is 4.79 Å². The van der Waals surface area contributed by atoms with Crippen LogP contribution in [0.5, 0.6) is 0 Å². The lowest BCUT2D eigenvalue weighted by Gasteiger charge is -2.44. The number of aromatic amines is 1. The highest BCUT2D eigenvalue weighted by molar-refractivity contribution is 9.10. The first-order valence-corrected chi connectivity index (χ1v) is 13.5. The van der Waals surface area contributed by atoms with Gasteiger partial charge in [0.15, 0.2) is 5.54 Å². The van der Waals surface area contributed by atoms with Gasteiger partial charge < -0.3 is 9.88 Å². The highest BCUT2D eigenvalue weighted by Gasteiger charge is 2.59. The smallest absolute Gasteiger partial charge is 0.258 e. The Balaban J connectivity index is 1.47. The van der Waals surface area contributed by atoms with Crippen LogP contribution < -0.4 is 4.90 Å². The van der Waals surface area contributed by atoms with Crippen molar-refractivity contribution in [3.05, 3.63) is 136 Å². The van der Waals surface area contributed by atoms with Gasteiger partial charge in [-0.25, -0.2) is 0 Å². The van der Waals surface area contributed by atoms with E-state index in [1.54, 1.807) is 0 Å². The van der Waals surface area contributed by atoms with Gasteiger partial charge in [-0.05, 0) is 41.3 Å². The number of carbonyl (C=O) groups excluding carboxylic acids is 1. The first kappa shape index (κ1) is 22.5.